The fraction of sp³-hybridized carbons (Fsp3) is 0.300. The van der Waals surface area contributed by atoms with Crippen molar-refractivity contribution >= 4 is 22.1 Å². The Labute approximate surface area is 85.4 Å². The number of rotatable bonds is 1. The Balaban J connectivity index is 2.55. The Bertz CT molecular complexity index is 360. The van der Waals surface area contributed by atoms with Crippen molar-refractivity contribution in [2.75, 3.05) is 0 Å². The predicted molar refractivity (Wildman–Crippen MR) is 55.5 cm³/mol. The van der Waals surface area contributed by atoms with Crippen LogP contribution < -0.4 is 0 Å². The third-order valence-corrected chi connectivity index (χ3v) is 3.20. The molecule has 68 valence electrons. The van der Waals surface area contributed by atoms with E-state index in [1.807, 2.05) is 12.1 Å². The van der Waals surface area contributed by atoms with Gasteiger partial charge in [-0.1, -0.05) is 27.2 Å². The molecule has 1 aromatic carbocycles. The second-order valence-electron chi connectivity index (χ2n) is 3.19. The number of nitrogens with zero attached hydrogens (tertiary/aromatic N) is 1. The zero-order valence-corrected chi connectivity index (χ0v) is 8.71. The highest BCUT2D eigenvalue weighted by Gasteiger charge is 2.16. The topological polar surface area (TPSA) is 32.6 Å². The molecule has 0 saturated carbocycles. The van der Waals surface area contributed by atoms with Crippen LogP contribution in [0.1, 0.15) is 23.1 Å². The zero-order valence-electron chi connectivity index (χ0n) is 7.13. The summed E-state index contributed by atoms with van der Waals surface area (Å²) in [6, 6.07) is 4.00. The summed E-state index contributed by atoms with van der Waals surface area (Å²) < 4.78 is 1.18. The average molecular weight is 240 g/mol. The lowest BCUT2D eigenvalue weighted by atomic mass is 10.0. The van der Waals surface area contributed by atoms with Crippen LogP contribution in [0.5, 0.6) is 0 Å². The van der Waals surface area contributed by atoms with Gasteiger partial charge < -0.3 is 5.21 Å². The van der Waals surface area contributed by atoms with Gasteiger partial charge in [0.15, 0.2) is 0 Å². The molecule has 0 amide bonds. The number of hydrogen-bond donors (Lipinski definition) is 1. The molecule has 0 fully saturated rings. The predicted octanol–water partition coefficient (Wildman–Crippen LogP) is 2.75. The van der Waals surface area contributed by atoms with Gasteiger partial charge in [-0.3, -0.25) is 0 Å². The van der Waals surface area contributed by atoms with E-state index in [4.69, 9.17) is 5.21 Å². The van der Waals surface area contributed by atoms with Gasteiger partial charge in [-0.15, -0.1) is 0 Å². The molecule has 13 heavy (non-hydrogen) atoms. The summed E-state index contributed by atoms with van der Waals surface area (Å²) in [6.45, 7) is 0. The van der Waals surface area contributed by atoms with Gasteiger partial charge in [-0.05, 0) is 42.0 Å². The van der Waals surface area contributed by atoms with Gasteiger partial charge in [0.25, 0.3) is 0 Å². The Morgan fingerprint density at radius 3 is 2.85 bits per heavy atom. The molecular formula is C10H10BrNO. The lowest BCUT2D eigenvalue weighted by Gasteiger charge is -2.04. The van der Waals surface area contributed by atoms with Crippen LogP contribution in [-0.4, -0.2) is 11.4 Å². The van der Waals surface area contributed by atoms with Crippen LogP contribution in [0.3, 0.4) is 0 Å². The van der Waals surface area contributed by atoms with E-state index >= 15 is 0 Å². The molecule has 0 spiro atoms. The lowest BCUT2D eigenvalue weighted by Crippen LogP contribution is -1.92. The maximum Gasteiger partial charge on any atom is 0.0736 e. The standard InChI is InChI=1S/C10H10BrNO/c11-10-5-4-7(6-12-13)8-2-1-3-9(8)10/h4-6,13H,1-3H2/b12-6-. The Hall–Kier alpha value is -0.830. The van der Waals surface area contributed by atoms with E-state index in [-0.39, 0.29) is 0 Å². The van der Waals surface area contributed by atoms with Crippen LogP contribution in [0.2, 0.25) is 0 Å². The van der Waals surface area contributed by atoms with Gasteiger partial charge in [-0.25, -0.2) is 0 Å². The van der Waals surface area contributed by atoms with Crippen LogP contribution >= 0.6 is 15.9 Å². The molecule has 0 aromatic heterocycles. The van der Waals surface area contributed by atoms with Gasteiger partial charge in [-0.2, -0.15) is 0 Å². The summed E-state index contributed by atoms with van der Waals surface area (Å²) in [7, 11) is 0. The Kier molecular flexibility index (Phi) is 2.36. The van der Waals surface area contributed by atoms with Crippen LogP contribution in [0.4, 0.5) is 0 Å². The second kappa shape index (κ2) is 3.50. The van der Waals surface area contributed by atoms with Crippen LogP contribution in [0.25, 0.3) is 0 Å². The highest BCUT2D eigenvalue weighted by molar-refractivity contribution is 9.10. The van der Waals surface area contributed by atoms with Crippen molar-refractivity contribution in [3.63, 3.8) is 0 Å². The van der Waals surface area contributed by atoms with E-state index in [9.17, 15) is 0 Å². The minimum absolute atomic E-state index is 1.04. The largest absolute Gasteiger partial charge is 0.411 e. The average Bonchev–Trinajstić information content (AvgIpc) is 2.59. The molecule has 1 aliphatic rings. The van der Waals surface area contributed by atoms with Gasteiger partial charge >= 0.3 is 0 Å². The third kappa shape index (κ3) is 1.48. The molecule has 2 rings (SSSR count). The van der Waals surface area contributed by atoms with Crippen molar-refractivity contribution in [1.29, 1.82) is 0 Å². The van der Waals surface area contributed by atoms with Crippen molar-refractivity contribution in [3.05, 3.63) is 33.3 Å². The highest BCUT2D eigenvalue weighted by Crippen LogP contribution is 2.30. The summed E-state index contributed by atoms with van der Waals surface area (Å²) in [5.74, 6) is 0. The molecular weight excluding hydrogens is 230 g/mol. The van der Waals surface area contributed by atoms with E-state index in [1.54, 1.807) is 0 Å². The molecule has 1 N–H and O–H groups in total. The number of fused-ring (bicyclic) bond motifs is 1. The van der Waals surface area contributed by atoms with Crippen LogP contribution in [0.15, 0.2) is 21.8 Å². The monoisotopic (exact) mass is 239 g/mol. The molecule has 1 aliphatic carbocycles. The fourth-order valence-corrected chi connectivity index (χ4v) is 2.44. The van der Waals surface area contributed by atoms with E-state index in [0.29, 0.717) is 0 Å². The lowest BCUT2D eigenvalue weighted by molar-refractivity contribution is 0.322. The zero-order chi connectivity index (χ0) is 9.26. The highest BCUT2D eigenvalue weighted by atomic mass is 79.9. The molecule has 2 nitrogen and oxygen atoms in total. The summed E-state index contributed by atoms with van der Waals surface area (Å²) >= 11 is 3.53. The van der Waals surface area contributed by atoms with E-state index in [1.165, 1.54) is 28.2 Å². The minimum Gasteiger partial charge on any atom is -0.411 e. The first kappa shape index (κ1) is 8.75. The van der Waals surface area contributed by atoms with Crippen molar-refractivity contribution in [1.82, 2.24) is 0 Å². The molecule has 0 heterocycles. The summed E-state index contributed by atoms with van der Waals surface area (Å²) in [4.78, 5) is 0. The molecule has 0 atom stereocenters. The van der Waals surface area contributed by atoms with Gasteiger partial charge in [0.05, 0.1) is 6.21 Å². The number of hydrogen-bond acceptors (Lipinski definition) is 2. The van der Waals surface area contributed by atoms with E-state index in [2.05, 4.69) is 21.1 Å². The van der Waals surface area contributed by atoms with E-state index in [0.717, 1.165) is 18.4 Å². The molecule has 0 radical (unpaired) electrons. The van der Waals surface area contributed by atoms with Crippen molar-refractivity contribution in [2.24, 2.45) is 5.16 Å². The molecule has 0 bridgehead atoms. The summed E-state index contributed by atoms with van der Waals surface area (Å²) in [5.41, 5.74) is 3.74. The first-order valence-corrected chi connectivity index (χ1v) is 5.10. The Morgan fingerprint density at radius 1 is 1.31 bits per heavy atom. The summed E-state index contributed by atoms with van der Waals surface area (Å²) in [6.07, 6.45) is 4.93. The van der Waals surface area contributed by atoms with E-state index < -0.39 is 0 Å². The quantitative estimate of drug-likeness (QED) is 0.457. The number of benzene rings is 1. The molecule has 3 heteroatoms. The SMILES string of the molecule is O/N=C\c1ccc(Br)c2c1CCC2. The molecule has 0 saturated heterocycles. The van der Waals surface area contributed by atoms with Gasteiger partial charge in [0.1, 0.15) is 0 Å². The number of halogens is 1. The van der Waals surface area contributed by atoms with Crippen molar-refractivity contribution < 1.29 is 5.21 Å². The Morgan fingerprint density at radius 2 is 2.08 bits per heavy atom. The molecule has 1 aromatic rings. The number of oxime groups is 1. The third-order valence-electron chi connectivity index (χ3n) is 2.46. The first-order chi connectivity index (χ1) is 6.33. The van der Waals surface area contributed by atoms with Crippen LogP contribution in [0, 0.1) is 0 Å². The minimum atomic E-state index is 1.04. The molecule has 0 aliphatic heterocycles. The van der Waals surface area contributed by atoms with Gasteiger partial charge in [0, 0.05) is 4.47 Å². The van der Waals surface area contributed by atoms with Crippen molar-refractivity contribution in [2.45, 2.75) is 19.3 Å². The normalized spacial score (nSPS) is 15.2. The first-order valence-electron chi connectivity index (χ1n) is 4.30. The second-order valence-corrected chi connectivity index (χ2v) is 4.05. The molecule has 0 unspecified atom stereocenters. The smallest absolute Gasteiger partial charge is 0.0736 e. The maximum atomic E-state index is 8.48. The summed E-state index contributed by atoms with van der Waals surface area (Å²) in [5, 5.41) is 11.6. The fourth-order valence-electron chi connectivity index (χ4n) is 1.87. The van der Waals surface area contributed by atoms with Gasteiger partial charge in [0.2, 0.25) is 0 Å². The maximum absolute atomic E-state index is 8.48. The van der Waals surface area contributed by atoms with Crippen LogP contribution in [-0.2, 0) is 12.8 Å². The van der Waals surface area contributed by atoms with Crippen molar-refractivity contribution in [3.8, 4) is 0 Å².